The second-order valence-corrected chi connectivity index (χ2v) is 8.67. The number of benzene rings is 2. The molecule has 2 heterocycles. The predicted octanol–water partition coefficient (Wildman–Crippen LogP) is 3.01. The van der Waals surface area contributed by atoms with Gasteiger partial charge in [-0.3, -0.25) is 9.59 Å². The molecule has 2 aliphatic rings. The summed E-state index contributed by atoms with van der Waals surface area (Å²) in [5, 5.41) is 34.6. The molecule has 0 aromatic heterocycles. The number of carboxylic acid groups (broad SMARTS) is 3. The fourth-order valence-electron chi connectivity index (χ4n) is 4.25. The maximum Gasteiger partial charge on any atom is 0.336 e. The molecule has 2 aromatic rings. The van der Waals surface area contributed by atoms with Gasteiger partial charge in [0.1, 0.15) is 11.5 Å². The number of nitrogens with zero attached hydrogens (tertiary/aromatic N) is 1. The minimum atomic E-state index is -2.74. The first-order chi connectivity index (χ1) is 15.5. The highest BCUT2D eigenvalue weighted by atomic mass is 35.5. The lowest BCUT2D eigenvalue weighted by atomic mass is 9.84. The summed E-state index contributed by atoms with van der Waals surface area (Å²) in [6.45, 7) is 2.12. The van der Waals surface area contributed by atoms with Crippen molar-refractivity contribution in [2.75, 3.05) is 20.1 Å². The first kappa shape index (κ1) is 24.5. The van der Waals surface area contributed by atoms with Gasteiger partial charge < -0.3 is 30.1 Å². The normalized spacial score (nSPS) is 19.0. The molecular weight excluding hydrogens is 454 g/mol. The van der Waals surface area contributed by atoms with Crippen LogP contribution in [0.15, 0.2) is 42.5 Å². The lowest BCUT2D eigenvalue weighted by Gasteiger charge is -2.18. The average molecular weight is 478 g/mol. The average Bonchev–Trinajstić information content (AvgIpc) is 3.05. The molecule has 0 saturated carbocycles. The van der Waals surface area contributed by atoms with E-state index in [1.54, 1.807) is 0 Å². The summed E-state index contributed by atoms with van der Waals surface area (Å²) in [5.41, 5.74) is -0.185. The molecule has 0 radical (unpaired) electrons. The third-order valence-electron chi connectivity index (χ3n) is 5.70. The Bertz CT molecular complexity index is 1060. The molecule has 0 amide bonds. The first-order valence-electron chi connectivity index (χ1n) is 10.1. The molecule has 2 unspecified atom stereocenters. The van der Waals surface area contributed by atoms with Crippen LogP contribution in [0.4, 0.5) is 0 Å². The number of aliphatic carboxylic acids is 3. The number of carbonyl (C=O) groups is 3. The van der Waals surface area contributed by atoms with Gasteiger partial charge in [-0.25, -0.2) is 4.79 Å². The van der Waals surface area contributed by atoms with E-state index in [1.165, 1.54) is 11.1 Å². The summed E-state index contributed by atoms with van der Waals surface area (Å²) in [6, 6.07) is 14.4. The van der Waals surface area contributed by atoms with E-state index in [0.717, 1.165) is 29.6 Å². The van der Waals surface area contributed by atoms with E-state index >= 15 is 0 Å². The van der Waals surface area contributed by atoms with Crippen molar-refractivity contribution in [3.63, 3.8) is 0 Å². The van der Waals surface area contributed by atoms with E-state index in [4.69, 9.17) is 36.8 Å². The predicted molar refractivity (Wildman–Crippen MR) is 118 cm³/mol. The molecule has 0 aliphatic carbocycles. The fourth-order valence-corrected chi connectivity index (χ4v) is 4.43. The maximum absolute atomic E-state index is 10.3. The zero-order valence-corrected chi connectivity index (χ0v) is 18.5. The van der Waals surface area contributed by atoms with E-state index in [0.29, 0.717) is 11.8 Å². The molecule has 0 spiro atoms. The highest BCUT2D eigenvalue weighted by molar-refractivity contribution is 6.30. The van der Waals surface area contributed by atoms with Gasteiger partial charge in [0.25, 0.3) is 0 Å². The quantitative estimate of drug-likeness (QED) is 0.510. The molecule has 2 atom stereocenters. The number of rotatable bonds is 5. The van der Waals surface area contributed by atoms with Crippen molar-refractivity contribution in [2.24, 2.45) is 0 Å². The zero-order valence-electron chi connectivity index (χ0n) is 17.8. The van der Waals surface area contributed by atoms with Crippen molar-refractivity contribution in [3.05, 3.63) is 58.6 Å². The Balaban J connectivity index is 0.000000207. The van der Waals surface area contributed by atoms with Crippen molar-refractivity contribution >= 4 is 29.5 Å². The van der Waals surface area contributed by atoms with Crippen LogP contribution in [0.1, 0.15) is 35.8 Å². The molecule has 1 saturated heterocycles. The monoisotopic (exact) mass is 477 g/mol. The van der Waals surface area contributed by atoms with Gasteiger partial charge in [0, 0.05) is 35.5 Å². The first-order valence-corrected chi connectivity index (χ1v) is 10.5. The lowest BCUT2D eigenvalue weighted by Crippen LogP contribution is -2.42. The van der Waals surface area contributed by atoms with E-state index in [2.05, 4.69) is 36.2 Å². The Labute approximate surface area is 194 Å². The molecule has 2 aliphatic heterocycles. The van der Waals surface area contributed by atoms with E-state index in [1.807, 2.05) is 18.2 Å². The van der Waals surface area contributed by atoms with Gasteiger partial charge in [0.05, 0.1) is 12.8 Å². The second-order valence-electron chi connectivity index (χ2n) is 8.23. The van der Waals surface area contributed by atoms with Gasteiger partial charge in [-0.15, -0.1) is 0 Å². The number of halogens is 1. The van der Waals surface area contributed by atoms with Gasteiger partial charge >= 0.3 is 17.9 Å². The topological polar surface area (TPSA) is 145 Å². The third-order valence-corrected chi connectivity index (χ3v) is 5.93. The van der Waals surface area contributed by atoms with Crippen molar-refractivity contribution < 1.29 is 39.5 Å². The summed E-state index contributed by atoms with van der Waals surface area (Å²) in [6.07, 6.45) is -2.29. The molecule has 0 bridgehead atoms. The number of hydrogen-bond acceptors (Lipinski definition) is 6. The lowest BCUT2D eigenvalue weighted by molar-refractivity contribution is -0.170. The number of hydrogen-bond donors (Lipinski definition) is 4. The molecule has 4 N–H and O–H groups in total. The number of para-hydroxylation sites is 1. The molecule has 9 nitrogen and oxygen atoms in total. The zero-order chi connectivity index (χ0) is 24.3. The van der Waals surface area contributed by atoms with Crippen molar-refractivity contribution in [2.45, 2.75) is 30.3 Å². The largest absolute Gasteiger partial charge is 0.481 e. The van der Waals surface area contributed by atoms with Crippen LogP contribution in [-0.2, 0) is 14.4 Å². The fraction of sp³-hybridized carbons (Fsp3) is 0.348. The number of carboxylic acids is 3. The molecule has 176 valence electrons. The Kier molecular flexibility index (Phi) is 7.26. The SMILES string of the molecule is CN1CC2c3ccccc3Oc3ccc(Cl)cc3C2C1.O=C(O)CC(O)(CC(=O)O)C(=O)O. The minimum absolute atomic E-state index is 0.456. The van der Waals surface area contributed by atoms with Crippen molar-refractivity contribution in [1.29, 1.82) is 0 Å². The van der Waals surface area contributed by atoms with Crippen LogP contribution in [-0.4, -0.2) is 69.0 Å². The second kappa shape index (κ2) is 9.78. The molecule has 33 heavy (non-hydrogen) atoms. The smallest absolute Gasteiger partial charge is 0.336 e. The van der Waals surface area contributed by atoms with E-state index in [-0.39, 0.29) is 0 Å². The Morgan fingerprint density at radius 2 is 1.52 bits per heavy atom. The van der Waals surface area contributed by atoms with Gasteiger partial charge in [-0.2, -0.15) is 0 Å². The number of fused-ring (bicyclic) bond motifs is 5. The summed E-state index contributed by atoms with van der Waals surface area (Å²) in [7, 11) is 2.18. The van der Waals surface area contributed by atoms with Crippen molar-refractivity contribution in [1.82, 2.24) is 4.90 Å². The van der Waals surface area contributed by atoms with Crippen LogP contribution in [0.25, 0.3) is 0 Å². The van der Waals surface area contributed by atoms with Crippen LogP contribution in [0.3, 0.4) is 0 Å². The van der Waals surface area contributed by atoms with Gasteiger partial charge in [-0.1, -0.05) is 29.8 Å². The molecule has 2 aromatic carbocycles. The summed E-state index contributed by atoms with van der Waals surface area (Å²) < 4.78 is 6.15. The van der Waals surface area contributed by atoms with Gasteiger partial charge in [0.15, 0.2) is 5.60 Å². The number of ether oxygens (including phenoxy) is 1. The standard InChI is InChI=1S/C17H16ClNO.C6H8O7/c1-19-9-14-12-4-2-3-5-16(12)20-17-7-6-11(18)8-13(17)15(14)10-19;7-3(8)1-6(13,5(11)12)2-4(9)10/h2-8,14-15H,9-10H2,1H3;13H,1-2H2,(H,7,8)(H,9,10)(H,11,12). The van der Waals surface area contributed by atoms with E-state index < -0.39 is 36.4 Å². The Morgan fingerprint density at radius 1 is 0.970 bits per heavy atom. The summed E-state index contributed by atoms with van der Waals surface area (Å²) in [5.74, 6) is -2.15. The minimum Gasteiger partial charge on any atom is -0.481 e. The Hall–Kier alpha value is -3.14. The van der Waals surface area contributed by atoms with Gasteiger partial charge in [0.2, 0.25) is 0 Å². The van der Waals surface area contributed by atoms with Crippen LogP contribution in [0.2, 0.25) is 5.02 Å². The Morgan fingerprint density at radius 3 is 2.09 bits per heavy atom. The summed E-state index contributed by atoms with van der Waals surface area (Å²) in [4.78, 5) is 32.9. The van der Waals surface area contributed by atoms with Crippen molar-refractivity contribution in [3.8, 4) is 11.5 Å². The molecule has 1 fully saturated rings. The van der Waals surface area contributed by atoms with Crippen LogP contribution in [0, 0.1) is 0 Å². The highest BCUT2D eigenvalue weighted by Gasteiger charge is 2.41. The van der Waals surface area contributed by atoms with E-state index in [9.17, 15) is 14.4 Å². The number of aliphatic hydroxyl groups is 1. The van der Waals surface area contributed by atoms with Crippen LogP contribution in [0.5, 0.6) is 11.5 Å². The highest BCUT2D eigenvalue weighted by Crippen LogP contribution is 2.49. The van der Waals surface area contributed by atoms with Crippen LogP contribution >= 0.6 is 11.6 Å². The van der Waals surface area contributed by atoms with Gasteiger partial charge in [-0.05, 0) is 36.9 Å². The number of likely N-dealkylation sites (tertiary alicyclic amines) is 1. The molecular formula is C23H24ClNO8. The molecule has 10 heteroatoms. The summed E-state index contributed by atoms with van der Waals surface area (Å²) >= 11 is 6.20. The third kappa shape index (κ3) is 5.62. The number of likely N-dealkylation sites (N-methyl/N-ethyl adjacent to an activating group) is 1. The maximum atomic E-state index is 10.3. The molecule has 4 rings (SSSR count). The van der Waals surface area contributed by atoms with Crippen LogP contribution < -0.4 is 4.74 Å².